The summed E-state index contributed by atoms with van der Waals surface area (Å²) in [7, 11) is 1.63. The number of hydrogen-bond acceptors (Lipinski definition) is 4. The molecule has 0 saturated carbocycles. The van der Waals surface area contributed by atoms with Gasteiger partial charge in [-0.25, -0.2) is 4.98 Å². The van der Waals surface area contributed by atoms with Crippen LogP contribution in [0, 0.1) is 6.92 Å². The van der Waals surface area contributed by atoms with Crippen LogP contribution in [-0.4, -0.2) is 18.0 Å². The fourth-order valence-corrected chi connectivity index (χ4v) is 3.85. The first kappa shape index (κ1) is 19.9. The minimum Gasteiger partial charge on any atom is -0.495 e. The van der Waals surface area contributed by atoms with E-state index in [1.165, 1.54) is 0 Å². The number of carbonyl (C=O) groups is 1. The maximum absolute atomic E-state index is 13.0. The second-order valence-electron chi connectivity index (χ2n) is 6.83. The number of carbonyl (C=O) groups excluding carboxylic acids is 1. The van der Waals surface area contributed by atoms with Crippen molar-refractivity contribution >= 4 is 49.8 Å². The normalized spacial score (nSPS) is 10.6. The van der Waals surface area contributed by atoms with E-state index in [0.717, 1.165) is 32.2 Å². The second-order valence-corrected chi connectivity index (χ2v) is 7.68. The number of anilines is 3. The number of aromatic nitrogens is 1. The fourth-order valence-electron chi connectivity index (χ4n) is 3.26. The van der Waals surface area contributed by atoms with Crippen LogP contribution in [0.25, 0.3) is 10.8 Å². The van der Waals surface area contributed by atoms with Crippen LogP contribution < -0.4 is 15.4 Å². The number of amides is 1. The van der Waals surface area contributed by atoms with Crippen molar-refractivity contribution < 1.29 is 9.53 Å². The number of nitrogens with zero attached hydrogens (tertiary/aromatic N) is 1. The van der Waals surface area contributed by atoms with Crippen LogP contribution in [0.3, 0.4) is 0 Å². The average molecular weight is 462 g/mol. The van der Waals surface area contributed by atoms with E-state index in [1.54, 1.807) is 13.3 Å². The topological polar surface area (TPSA) is 63.2 Å². The van der Waals surface area contributed by atoms with E-state index in [1.807, 2.05) is 73.7 Å². The van der Waals surface area contributed by atoms with Crippen LogP contribution in [0.4, 0.5) is 17.2 Å². The summed E-state index contributed by atoms with van der Waals surface area (Å²) in [5.41, 5.74) is 3.13. The number of benzene rings is 3. The molecule has 4 rings (SSSR count). The maximum Gasteiger partial charge on any atom is 0.257 e. The molecular weight excluding hydrogens is 442 g/mol. The number of para-hydroxylation sites is 2. The fraction of sp³-hybridized carbons (Fsp3) is 0.0833. The standard InChI is InChI=1S/C24H20BrN3O2/c1-15-11-12-20(19(25)13-15)28-24(29)18-14-26-23(17-8-4-3-7-16(17)18)27-21-9-5-6-10-22(21)30-2/h3-14H,1-2H3,(H,26,27)(H,28,29). The summed E-state index contributed by atoms with van der Waals surface area (Å²) in [6, 6.07) is 21.1. The summed E-state index contributed by atoms with van der Waals surface area (Å²) >= 11 is 3.51. The Morgan fingerprint density at radius 1 is 0.967 bits per heavy atom. The van der Waals surface area contributed by atoms with Gasteiger partial charge in [-0.2, -0.15) is 0 Å². The molecule has 0 atom stereocenters. The van der Waals surface area contributed by atoms with Crippen molar-refractivity contribution in [3.63, 3.8) is 0 Å². The van der Waals surface area contributed by atoms with Crippen LogP contribution >= 0.6 is 15.9 Å². The quantitative estimate of drug-likeness (QED) is 0.365. The number of fused-ring (bicyclic) bond motifs is 1. The van der Waals surface area contributed by atoms with E-state index in [2.05, 4.69) is 31.5 Å². The highest BCUT2D eigenvalue weighted by atomic mass is 79.9. The van der Waals surface area contributed by atoms with Crippen LogP contribution in [0.15, 0.2) is 77.4 Å². The first-order valence-corrected chi connectivity index (χ1v) is 10.2. The molecule has 0 radical (unpaired) electrons. The molecule has 0 spiro atoms. The van der Waals surface area contributed by atoms with Crippen LogP contribution in [-0.2, 0) is 0 Å². The average Bonchev–Trinajstić information content (AvgIpc) is 2.76. The van der Waals surface area contributed by atoms with Crippen LogP contribution in [0.2, 0.25) is 0 Å². The molecule has 6 heteroatoms. The van der Waals surface area contributed by atoms with Gasteiger partial charge in [-0.05, 0) is 58.1 Å². The summed E-state index contributed by atoms with van der Waals surface area (Å²) in [6.45, 7) is 2.00. The first-order chi connectivity index (χ1) is 14.6. The van der Waals surface area contributed by atoms with Crippen molar-refractivity contribution in [2.24, 2.45) is 0 Å². The summed E-state index contributed by atoms with van der Waals surface area (Å²) in [5.74, 6) is 1.16. The molecular formula is C24H20BrN3O2. The number of methoxy groups -OCH3 is 1. The van der Waals surface area contributed by atoms with Crippen molar-refractivity contribution in [2.75, 3.05) is 17.7 Å². The third-order valence-corrected chi connectivity index (χ3v) is 5.43. The van der Waals surface area contributed by atoms with Gasteiger partial charge in [-0.1, -0.05) is 42.5 Å². The van der Waals surface area contributed by atoms with Crippen molar-refractivity contribution in [1.29, 1.82) is 0 Å². The molecule has 0 aliphatic heterocycles. The second kappa shape index (κ2) is 8.55. The summed E-state index contributed by atoms with van der Waals surface area (Å²) in [5, 5.41) is 7.95. The van der Waals surface area contributed by atoms with E-state index in [4.69, 9.17) is 4.74 Å². The zero-order chi connectivity index (χ0) is 21.1. The molecule has 1 heterocycles. The van der Waals surface area contributed by atoms with E-state index >= 15 is 0 Å². The summed E-state index contributed by atoms with van der Waals surface area (Å²) in [4.78, 5) is 17.6. The van der Waals surface area contributed by atoms with Crippen LogP contribution in [0.1, 0.15) is 15.9 Å². The number of rotatable bonds is 5. The number of aryl methyl sites for hydroxylation is 1. The molecule has 0 aliphatic carbocycles. The summed E-state index contributed by atoms with van der Waals surface area (Å²) < 4.78 is 6.25. The molecule has 0 bridgehead atoms. The molecule has 30 heavy (non-hydrogen) atoms. The lowest BCUT2D eigenvalue weighted by Crippen LogP contribution is -2.13. The van der Waals surface area contributed by atoms with Gasteiger partial charge in [0.25, 0.3) is 5.91 Å². The smallest absolute Gasteiger partial charge is 0.257 e. The molecule has 1 aromatic heterocycles. The minimum atomic E-state index is -0.216. The number of ether oxygens (including phenoxy) is 1. The van der Waals surface area contributed by atoms with Crippen molar-refractivity contribution in [3.05, 3.63) is 88.5 Å². The lowest BCUT2D eigenvalue weighted by molar-refractivity contribution is 0.102. The van der Waals surface area contributed by atoms with E-state index in [0.29, 0.717) is 17.1 Å². The Bertz CT molecular complexity index is 1240. The molecule has 0 aliphatic rings. The number of halogens is 1. The number of pyridine rings is 1. The van der Waals surface area contributed by atoms with Gasteiger partial charge >= 0.3 is 0 Å². The molecule has 1 amide bonds. The zero-order valence-electron chi connectivity index (χ0n) is 16.6. The molecule has 0 saturated heterocycles. The minimum absolute atomic E-state index is 0.216. The Morgan fingerprint density at radius 3 is 2.47 bits per heavy atom. The SMILES string of the molecule is COc1ccccc1Nc1ncc(C(=O)Nc2ccc(C)cc2Br)c2ccccc12. The Morgan fingerprint density at radius 2 is 1.70 bits per heavy atom. The van der Waals surface area contributed by atoms with Crippen molar-refractivity contribution in [2.45, 2.75) is 6.92 Å². The van der Waals surface area contributed by atoms with Gasteiger partial charge in [0.05, 0.1) is 24.0 Å². The first-order valence-electron chi connectivity index (χ1n) is 9.42. The zero-order valence-corrected chi connectivity index (χ0v) is 18.2. The van der Waals surface area contributed by atoms with Gasteiger partial charge < -0.3 is 15.4 Å². The third kappa shape index (κ3) is 4.00. The summed E-state index contributed by atoms with van der Waals surface area (Å²) in [6.07, 6.45) is 1.59. The Hall–Kier alpha value is -3.38. The van der Waals surface area contributed by atoms with Crippen molar-refractivity contribution in [1.82, 2.24) is 4.98 Å². The molecule has 2 N–H and O–H groups in total. The Labute approximate surface area is 183 Å². The Balaban J connectivity index is 1.71. The van der Waals surface area contributed by atoms with Gasteiger partial charge in [0.15, 0.2) is 0 Å². The number of nitrogens with one attached hydrogen (secondary N) is 2. The van der Waals surface area contributed by atoms with E-state index in [-0.39, 0.29) is 5.91 Å². The lowest BCUT2D eigenvalue weighted by atomic mass is 10.1. The predicted octanol–water partition coefficient (Wildman–Crippen LogP) is 6.31. The lowest BCUT2D eigenvalue weighted by Gasteiger charge is -2.14. The van der Waals surface area contributed by atoms with Gasteiger partial charge in [0, 0.05) is 16.1 Å². The molecule has 0 unspecified atom stereocenters. The molecule has 5 nitrogen and oxygen atoms in total. The van der Waals surface area contributed by atoms with E-state index < -0.39 is 0 Å². The highest BCUT2D eigenvalue weighted by molar-refractivity contribution is 9.10. The van der Waals surface area contributed by atoms with Crippen molar-refractivity contribution in [3.8, 4) is 5.75 Å². The molecule has 3 aromatic carbocycles. The van der Waals surface area contributed by atoms with E-state index in [9.17, 15) is 4.79 Å². The van der Waals surface area contributed by atoms with Gasteiger partial charge in [0.2, 0.25) is 0 Å². The number of hydrogen-bond donors (Lipinski definition) is 2. The van der Waals surface area contributed by atoms with Crippen LogP contribution in [0.5, 0.6) is 5.75 Å². The maximum atomic E-state index is 13.0. The highest BCUT2D eigenvalue weighted by Gasteiger charge is 2.15. The largest absolute Gasteiger partial charge is 0.495 e. The highest BCUT2D eigenvalue weighted by Crippen LogP contribution is 2.32. The predicted molar refractivity (Wildman–Crippen MR) is 125 cm³/mol. The molecule has 4 aromatic rings. The Kier molecular flexibility index (Phi) is 5.68. The monoisotopic (exact) mass is 461 g/mol. The van der Waals surface area contributed by atoms with Gasteiger partial charge in [-0.3, -0.25) is 4.79 Å². The third-order valence-electron chi connectivity index (χ3n) is 4.77. The van der Waals surface area contributed by atoms with Gasteiger partial charge in [-0.15, -0.1) is 0 Å². The molecule has 150 valence electrons. The van der Waals surface area contributed by atoms with Gasteiger partial charge in [0.1, 0.15) is 11.6 Å². The molecule has 0 fully saturated rings.